The number of carbonyl (C=O) groups excluding carboxylic acids is 1. The minimum Gasteiger partial charge on any atom is -0.508 e. The molecule has 4 nitrogen and oxygen atoms in total. The van der Waals surface area contributed by atoms with Crippen molar-refractivity contribution >= 4 is 5.97 Å². The SMILES string of the molecule is O=C(OOCc1ccc(O)cc1)c1ccccc1. The van der Waals surface area contributed by atoms with Crippen molar-refractivity contribution in [3.63, 3.8) is 0 Å². The monoisotopic (exact) mass is 244 g/mol. The number of aromatic hydroxyl groups is 1. The fraction of sp³-hybridized carbons (Fsp3) is 0.0714. The van der Waals surface area contributed by atoms with E-state index in [0.29, 0.717) is 5.56 Å². The van der Waals surface area contributed by atoms with E-state index in [9.17, 15) is 4.79 Å². The average Bonchev–Trinajstić information content (AvgIpc) is 2.42. The fourth-order valence-corrected chi connectivity index (χ4v) is 1.37. The van der Waals surface area contributed by atoms with Crippen LogP contribution in [0.15, 0.2) is 54.6 Å². The highest BCUT2D eigenvalue weighted by molar-refractivity contribution is 5.88. The molecule has 18 heavy (non-hydrogen) atoms. The van der Waals surface area contributed by atoms with Crippen LogP contribution in [0.2, 0.25) is 0 Å². The Bertz CT molecular complexity index is 505. The first-order valence-corrected chi connectivity index (χ1v) is 5.42. The summed E-state index contributed by atoms with van der Waals surface area (Å²) in [5, 5.41) is 9.09. The predicted molar refractivity (Wildman–Crippen MR) is 64.8 cm³/mol. The molecule has 2 rings (SSSR count). The Morgan fingerprint density at radius 2 is 1.67 bits per heavy atom. The van der Waals surface area contributed by atoms with E-state index in [1.807, 2.05) is 6.07 Å². The van der Waals surface area contributed by atoms with Crippen molar-refractivity contribution in [1.82, 2.24) is 0 Å². The Labute approximate surface area is 104 Å². The molecular formula is C14H12O4. The third kappa shape index (κ3) is 3.33. The summed E-state index contributed by atoms with van der Waals surface area (Å²) in [5.41, 5.74) is 1.23. The van der Waals surface area contributed by atoms with E-state index in [1.165, 1.54) is 12.1 Å². The maximum absolute atomic E-state index is 11.5. The third-order valence-electron chi connectivity index (χ3n) is 2.31. The molecule has 1 N–H and O–H groups in total. The molecule has 0 bridgehead atoms. The molecule has 0 amide bonds. The van der Waals surface area contributed by atoms with E-state index in [2.05, 4.69) is 4.89 Å². The lowest BCUT2D eigenvalue weighted by atomic mass is 10.2. The summed E-state index contributed by atoms with van der Waals surface area (Å²) in [5.74, 6) is -0.352. The maximum atomic E-state index is 11.5. The number of hydrogen-bond acceptors (Lipinski definition) is 4. The molecule has 0 heterocycles. The third-order valence-corrected chi connectivity index (χ3v) is 2.31. The van der Waals surface area contributed by atoms with Gasteiger partial charge in [0.2, 0.25) is 0 Å². The lowest BCUT2D eigenvalue weighted by Gasteiger charge is -2.03. The first kappa shape index (κ1) is 12.1. The highest BCUT2D eigenvalue weighted by Gasteiger charge is 2.06. The van der Waals surface area contributed by atoms with Gasteiger partial charge in [-0.05, 0) is 29.8 Å². The van der Waals surface area contributed by atoms with Gasteiger partial charge in [0.05, 0.1) is 5.56 Å². The zero-order valence-electron chi connectivity index (χ0n) is 9.58. The summed E-state index contributed by atoms with van der Waals surface area (Å²) in [6, 6.07) is 15.0. The highest BCUT2D eigenvalue weighted by atomic mass is 17.2. The standard InChI is InChI=1S/C14H12O4/c15-13-8-6-11(7-9-13)10-17-18-14(16)12-4-2-1-3-5-12/h1-9,15H,10H2. The van der Waals surface area contributed by atoms with Gasteiger partial charge in [0.25, 0.3) is 0 Å². The van der Waals surface area contributed by atoms with E-state index in [4.69, 9.17) is 9.99 Å². The van der Waals surface area contributed by atoms with Crippen LogP contribution in [0, 0.1) is 0 Å². The van der Waals surface area contributed by atoms with E-state index in [-0.39, 0.29) is 12.4 Å². The molecule has 0 aliphatic rings. The van der Waals surface area contributed by atoms with Gasteiger partial charge in [-0.3, -0.25) is 4.89 Å². The molecule has 2 aromatic rings. The molecule has 0 aliphatic carbocycles. The van der Waals surface area contributed by atoms with Crippen molar-refractivity contribution in [1.29, 1.82) is 0 Å². The van der Waals surface area contributed by atoms with Crippen LogP contribution in [0.1, 0.15) is 15.9 Å². The second-order valence-electron chi connectivity index (χ2n) is 3.67. The van der Waals surface area contributed by atoms with Crippen LogP contribution >= 0.6 is 0 Å². The summed E-state index contributed by atoms with van der Waals surface area (Å²) in [6.45, 7) is 0.138. The molecule has 0 aliphatic heterocycles. The summed E-state index contributed by atoms with van der Waals surface area (Å²) < 4.78 is 0. The first-order chi connectivity index (χ1) is 8.75. The van der Waals surface area contributed by atoms with Crippen molar-refractivity contribution in [3.05, 3.63) is 65.7 Å². The van der Waals surface area contributed by atoms with Crippen LogP contribution < -0.4 is 0 Å². The lowest BCUT2D eigenvalue weighted by Crippen LogP contribution is -2.05. The van der Waals surface area contributed by atoms with Crippen LogP contribution in [-0.2, 0) is 16.4 Å². The van der Waals surface area contributed by atoms with Crippen molar-refractivity contribution in [3.8, 4) is 5.75 Å². The summed E-state index contributed by atoms with van der Waals surface area (Å²) in [6.07, 6.45) is 0. The fourth-order valence-electron chi connectivity index (χ4n) is 1.37. The number of phenolic OH excluding ortho intramolecular Hbond substituents is 1. The topological polar surface area (TPSA) is 55.8 Å². The second-order valence-corrected chi connectivity index (χ2v) is 3.67. The van der Waals surface area contributed by atoms with Crippen LogP contribution in [0.4, 0.5) is 0 Å². The van der Waals surface area contributed by atoms with Gasteiger partial charge in [-0.1, -0.05) is 30.3 Å². The van der Waals surface area contributed by atoms with Crippen molar-refractivity contribution in [2.75, 3.05) is 0 Å². The smallest absolute Gasteiger partial charge is 0.373 e. The van der Waals surface area contributed by atoms with Gasteiger partial charge in [0, 0.05) is 0 Å². The largest absolute Gasteiger partial charge is 0.508 e. The molecular weight excluding hydrogens is 232 g/mol. The average molecular weight is 244 g/mol. The van der Waals surface area contributed by atoms with Crippen molar-refractivity contribution in [2.24, 2.45) is 0 Å². The number of phenols is 1. The number of benzene rings is 2. The Hall–Kier alpha value is -2.33. The lowest BCUT2D eigenvalue weighted by molar-refractivity contribution is -0.250. The zero-order chi connectivity index (χ0) is 12.8. The van der Waals surface area contributed by atoms with Gasteiger partial charge in [0.1, 0.15) is 12.4 Å². The van der Waals surface area contributed by atoms with E-state index in [0.717, 1.165) is 5.56 Å². The minimum atomic E-state index is -0.533. The summed E-state index contributed by atoms with van der Waals surface area (Å²) >= 11 is 0. The molecule has 0 fully saturated rings. The Balaban J connectivity index is 1.82. The number of rotatable bonds is 4. The molecule has 92 valence electrons. The quantitative estimate of drug-likeness (QED) is 0.663. The molecule has 0 saturated carbocycles. The molecule has 4 heteroatoms. The molecule has 2 aromatic carbocycles. The zero-order valence-corrected chi connectivity index (χ0v) is 9.58. The highest BCUT2D eigenvalue weighted by Crippen LogP contribution is 2.11. The van der Waals surface area contributed by atoms with Crippen LogP contribution in [0.25, 0.3) is 0 Å². The van der Waals surface area contributed by atoms with Gasteiger partial charge in [-0.25, -0.2) is 4.79 Å². The maximum Gasteiger partial charge on any atom is 0.373 e. The molecule has 0 radical (unpaired) electrons. The van der Waals surface area contributed by atoms with E-state index in [1.54, 1.807) is 36.4 Å². The molecule has 0 unspecified atom stereocenters. The van der Waals surface area contributed by atoms with Crippen LogP contribution in [-0.4, -0.2) is 11.1 Å². The first-order valence-electron chi connectivity index (χ1n) is 5.42. The van der Waals surface area contributed by atoms with Gasteiger partial charge in [-0.15, -0.1) is 0 Å². The normalized spacial score (nSPS) is 10.0. The van der Waals surface area contributed by atoms with E-state index < -0.39 is 5.97 Å². The van der Waals surface area contributed by atoms with E-state index >= 15 is 0 Å². The molecule has 0 spiro atoms. The Kier molecular flexibility index (Phi) is 3.94. The van der Waals surface area contributed by atoms with Gasteiger partial charge in [-0.2, -0.15) is 4.89 Å². The number of carbonyl (C=O) groups is 1. The predicted octanol–water partition coefficient (Wildman–Crippen LogP) is 2.68. The minimum absolute atomic E-state index is 0.138. The summed E-state index contributed by atoms with van der Waals surface area (Å²) in [4.78, 5) is 21.0. The Morgan fingerprint density at radius 3 is 2.33 bits per heavy atom. The summed E-state index contributed by atoms with van der Waals surface area (Å²) in [7, 11) is 0. The van der Waals surface area contributed by atoms with Gasteiger partial charge in [0.15, 0.2) is 0 Å². The Morgan fingerprint density at radius 1 is 1.00 bits per heavy atom. The molecule has 0 aromatic heterocycles. The van der Waals surface area contributed by atoms with Crippen molar-refractivity contribution < 1.29 is 19.7 Å². The molecule has 0 saturated heterocycles. The van der Waals surface area contributed by atoms with Crippen molar-refractivity contribution in [2.45, 2.75) is 6.61 Å². The van der Waals surface area contributed by atoms with Gasteiger partial charge < -0.3 is 5.11 Å². The van der Waals surface area contributed by atoms with Crippen LogP contribution in [0.5, 0.6) is 5.75 Å². The molecule has 0 atom stereocenters. The van der Waals surface area contributed by atoms with Crippen LogP contribution in [0.3, 0.4) is 0 Å². The number of hydrogen-bond donors (Lipinski definition) is 1. The second kappa shape index (κ2) is 5.84. The van der Waals surface area contributed by atoms with Gasteiger partial charge >= 0.3 is 5.97 Å².